The summed E-state index contributed by atoms with van der Waals surface area (Å²) in [4.78, 5) is 8.41. The Hall–Kier alpha value is -1.90. The van der Waals surface area contributed by atoms with Gasteiger partial charge >= 0.3 is 0 Å². The Balaban J connectivity index is 2.09. The Bertz CT molecular complexity index is 435. The molecule has 0 spiro atoms. The minimum absolute atomic E-state index is 0.748. The quantitative estimate of drug-likeness (QED) is 0.851. The maximum absolute atomic E-state index is 4.34. The number of rotatable bonds is 3. The largest absolute Gasteiger partial charge is 0.379 e. The van der Waals surface area contributed by atoms with E-state index >= 15 is 0 Å². The zero-order valence-electron chi connectivity index (χ0n) is 9.57. The van der Waals surface area contributed by atoms with Crippen molar-refractivity contribution < 1.29 is 0 Å². The molecular weight excluding hydrogens is 198 g/mol. The van der Waals surface area contributed by atoms with Crippen LogP contribution in [0.4, 0.5) is 5.69 Å². The highest BCUT2D eigenvalue weighted by Crippen LogP contribution is 2.13. The van der Waals surface area contributed by atoms with Gasteiger partial charge in [-0.2, -0.15) is 0 Å². The number of nitrogens with zero attached hydrogens (tertiary/aromatic N) is 2. The molecule has 16 heavy (non-hydrogen) atoms. The molecule has 1 N–H and O–H groups in total. The van der Waals surface area contributed by atoms with Crippen molar-refractivity contribution in [2.45, 2.75) is 20.4 Å². The van der Waals surface area contributed by atoms with Gasteiger partial charge in [0.2, 0.25) is 0 Å². The lowest BCUT2D eigenvalue weighted by Gasteiger charge is -2.09. The molecule has 2 aromatic heterocycles. The van der Waals surface area contributed by atoms with Crippen LogP contribution in [0.25, 0.3) is 0 Å². The lowest BCUT2D eigenvalue weighted by Crippen LogP contribution is -2.04. The van der Waals surface area contributed by atoms with E-state index < -0.39 is 0 Å². The van der Waals surface area contributed by atoms with Crippen molar-refractivity contribution in [3.8, 4) is 0 Å². The molecule has 2 heterocycles. The summed E-state index contributed by atoms with van der Waals surface area (Å²) < 4.78 is 0. The maximum atomic E-state index is 4.34. The van der Waals surface area contributed by atoms with Gasteiger partial charge in [-0.15, -0.1) is 0 Å². The molecule has 0 amide bonds. The van der Waals surface area contributed by atoms with Crippen LogP contribution in [0.2, 0.25) is 0 Å². The summed E-state index contributed by atoms with van der Waals surface area (Å²) in [5, 5.41) is 3.37. The molecule has 0 aliphatic heterocycles. The van der Waals surface area contributed by atoms with Crippen LogP contribution in [-0.2, 0) is 6.54 Å². The van der Waals surface area contributed by atoms with E-state index in [0.29, 0.717) is 0 Å². The number of pyridine rings is 2. The first kappa shape index (κ1) is 10.6. The van der Waals surface area contributed by atoms with E-state index in [-0.39, 0.29) is 0 Å². The molecule has 0 saturated heterocycles. The van der Waals surface area contributed by atoms with Gasteiger partial charge in [0.15, 0.2) is 0 Å². The fourth-order valence-corrected chi connectivity index (χ4v) is 1.55. The second-order valence-electron chi connectivity index (χ2n) is 3.81. The molecule has 0 fully saturated rings. The molecule has 0 bridgehead atoms. The first-order chi connectivity index (χ1) is 7.77. The van der Waals surface area contributed by atoms with Crippen LogP contribution in [0.1, 0.15) is 16.8 Å². The number of nitrogens with one attached hydrogen (secondary N) is 1. The molecule has 0 saturated carbocycles. The Kier molecular flexibility index (Phi) is 3.15. The average molecular weight is 213 g/mol. The van der Waals surface area contributed by atoms with E-state index in [9.17, 15) is 0 Å². The van der Waals surface area contributed by atoms with E-state index in [2.05, 4.69) is 28.3 Å². The predicted molar refractivity (Wildman–Crippen MR) is 65.3 cm³/mol. The van der Waals surface area contributed by atoms with Crippen LogP contribution in [0, 0.1) is 13.8 Å². The monoisotopic (exact) mass is 213 g/mol. The summed E-state index contributed by atoms with van der Waals surface area (Å²) in [5.74, 6) is 0. The van der Waals surface area contributed by atoms with Crippen molar-refractivity contribution in [3.05, 3.63) is 53.6 Å². The average Bonchev–Trinajstić information content (AvgIpc) is 2.30. The minimum atomic E-state index is 0.748. The van der Waals surface area contributed by atoms with Gasteiger partial charge in [0.05, 0.1) is 12.2 Å². The van der Waals surface area contributed by atoms with Crippen LogP contribution >= 0.6 is 0 Å². The van der Waals surface area contributed by atoms with Crippen molar-refractivity contribution in [2.75, 3.05) is 5.32 Å². The highest BCUT2D eigenvalue weighted by Gasteiger charge is 2.00. The van der Waals surface area contributed by atoms with Crippen molar-refractivity contribution >= 4 is 5.69 Å². The standard InChI is InChI=1S/C13H15N3/c1-10-4-3-6-15-13(10)9-16-12-5-7-14-8-11(12)2/h3-8H,9H2,1-2H3,(H,14,16). The van der Waals surface area contributed by atoms with E-state index in [4.69, 9.17) is 0 Å². The summed E-state index contributed by atoms with van der Waals surface area (Å²) >= 11 is 0. The second-order valence-corrected chi connectivity index (χ2v) is 3.81. The number of aromatic nitrogens is 2. The molecule has 0 atom stereocenters. The van der Waals surface area contributed by atoms with Gasteiger partial charge in [-0.3, -0.25) is 9.97 Å². The van der Waals surface area contributed by atoms with E-state index in [0.717, 1.165) is 23.5 Å². The molecule has 0 aliphatic rings. The lowest BCUT2D eigenvalue weighted by molar-refractivity contribution is 1.01. The van der Waals surface area contributed by atoms with Gasteiger partial charge in [0.25, 0.3) is 0 Å². The third kappa shape index (κ3) is 2.37. The summed E-state index contributed by atoms with van der Waals surface area (Å²) in [6.45, 7) is 4.86. The lowest BCUT2D eigenvalue weighted by atomic mass is 10.2. The summed E-state index contributed by atoms with van der Waals surface area (Å²) in [5.41, 5.74) is 4.55. The summed E-state index contributed by atoms with van der Waals surface area (Å²) in [7, 11) is 0. The van der Waals surface area contributed by atoms with Crippen LogP contribution in [-0.4, -0.2) is 9.97 Å². The van der Waals surface area contributed by atoms with Gasteiger partial charge in [-0.25, -0.2) is 0 Å². The van der Waals surface area contributed by atoms with Crippen LogP contribution < -0.4 is 5.32 Å². The molecule has 2 aromatic rings. The van der Waals surface area contributed by atoms with Gasteiger partial charge in [-0.1, -0.05) is 6.07 Å². The Labute approximate surface area is 95.6 Å². The van der Waals surface area contributed by atoms with E-state index in [1.807, 2.05) is 31.5 Å². The number of anilines is 1. The predicted octanol–water partition coefficient (Wildman–Crippen LogP) is 2.71. The summed E-state index contributed by atoms with van der Waals surface area (Å²) in [6.07, 6.45) is 5.47. The van der Waals surface area contributed by atoms with Gasteiger partial charge in [0, 0.05) is 24.3 Å². The topological polar surface area (TPSA) is 37.8 Å². The highest BCUT2D eigenvalue weighted by molar-refractivity contribution is 5.48. The van der Waals surface area contributed by atoms with Crippen molar-refractivity contribution in [2.24, 2.45) is 0 Å². The Morgan fingerprint density at radius 1 is 1.12 bits per heavy atom. The number of hydrogen-bond acceptors (Lipinski definition) is 3. The molecular formula is C13H15N3. The molecule has 82 valence electrons. The highest BCUT2D eigenvalue weighted by atomic mass is 14.9. The second kappa shape index (κ2) is 4.75. The molecule has 3 nitrogen and oxygen atoms in total. The molecule has 2 rings (SSSR count). The van der Waals surface area contributed by atoms with E-state index in [1.54, 1.807) is 6.20 Å². The van der Waals surface area contributed by atoms with E-state index in [1.165, 1.54) is 5.56 Å². The minimum Gasteiger partial charge on any atom is -0.379 e. The zero-order valence-corrected chi connectivity index (χ0v) is 9.57. The third-order valence-electron chi connectivity index (χ3n) is 2.58. The SMILES string of the molecule is Cc1cnccc1NCc1ncccc1C. The van der Waals surface area contributed by atoms with Crippen molar-refractivity contribution in [3.63, 3.8) is 0 Å². The van der Waals surface area contributed by atoms with Gasteiger partial charge < -0.3 is 5.32 Å². The first-order valence-corrected chi connectivity index (χ1v) is 5.32. The van der Waals surface area contributed by atoms with Crippen LogP contribution in [0.15, 0.2) is 36.8 Å². The fraction of sp³-hybridized carbons (Fsp3) is 0.231. The fourth-order valence-electron chi connectivity index (χ4n) is 1.55. The van der Waals surface area contributed by atoms with Gasteiger partial charge in [0.1, 0.15) is 0 Å². The van der Waals surface area contributed by atoms with Gasteiger partial charge in [-0.05, 0) is 37.1 Å². The zero-order chi connectivity index (χ0) is 11.4. The normalized spacial score (nSPS) is 10.1. The smallest absolute Gasteiger partial charge is 0.0623 e. The molecule has 0 aliphatic carbocycles. The first-order valence-electron chi connectivity index (χ1n) is 5.32. The van der Waals surface area contributed by atoms with Crippen LogP contribution in [0.3, 0.4) is 0 Å². The van der Waals surface area contributed by atoms with Crippen molar-refractivity contribution in [1.82, 2.24) is 9.97 Å². The van der Waals surface area contributed by atoms with Crippen molar-refractivity contribution in [1.29, 1.82) is 0 Å². The Morgan fingerprint density at radius 3 is 2.75 bits per heavy atom. The molecule has 0 radical (unpaired) electrons. The molecule has 3 heteroatoms. The maximum Gasteiger partial charge on any atom is 0.0623 e. The number of hydrogen-bond donors (Lipinski definition) is 1. The number of aryl methyl sites for hydroxylation is 2. The Morgan fingerprint density at radius 2 is 2.00 bits per heavy atom. The molecule has 0 aromatic carbocycles. The third-order valence-corrected chi connectivity index (χ3v) is 2.58. The summed E-state index contributed by atoms with van der Waals surface area (Å²) in [6, 6.07) is 6.01. The van der Waals surface area contributed by atoms with Crippen LogP contribution in [0.5, 0.6) is 0 Å². The molecule has 0 unspecified atom stereocenters.